The van der Waals surface area contributed by atoms with Crippen LogP contribution in [0.5, 0.6) is 0 Å². The Labute approximate surface area is 172 Å². The summed E-state index contributed by atoms with van der Waals surface area (Å²) < 4.78 is 7.46. The molecule has 0 saturated carbocycles. The second-order valence-electron chi connectivity index (χ2n) is 7.31. The molecule has 0 radical (unpaired) electrons. The van der Waals surface area contributed by atoms with Crippen LogP contribution >= 0.6 is 11.3 Å². The van der Waals surface area contributed by atoms with Gasteiger partial charge in [-0.3, -0.25) is 4.79 Å². The normalized spacial score (nSPS) is 14.2. The lowest BCUT2D eigenvalue weighted by Gasteiger charge is -2.15. The van der Waals surface area contributed by atoms with E-state index < -0.39 is 0 Å². The number of imidazole rings is 1. The number of fused-ring (bicyclic) bond motifs is 1. The zero-order valence-corrected chi connectivity index (χ0v) is 17.0. The standard InChI is InChI=1S/C21H21N5O2S/c1-14-4-7-18(29-14)21-23-20(24-28-21)15-5-6-17-16(12-15)22-13-26(17)11-8-19(27)25-9-2-3-10-25/h4-7,12-13H,2-3,8-11H2,1H3. The minimum Gasteiger partial charge on any atom is -0.343 e. The molecular formula is C21H21N5O2S. The first-order valence-corrected chi connectivity index (χ1v) is 10.6. The molecule has 0 bridgehead atoms. The molecule has 1 amide bonds. The van der Waals surface area contributed by atoms with Gasteiger partial charge in [-0.25, -0.2) is 4.98 Å². The lowest BCUT2D eigenvalue weighted by atomic mass is 10.2. The predicted octanol–water partition coefficient (Wildman–Crippen LogP) is 4.14. The van der Waals surface area contributed by atoms with Crippen molar-refractivity contribution in [3.8, 4) is 22.2 Å². The van der Waals surface area contributed by atoms with Crippen molar-refractivity contribution < 1.29 is 9.32 Å². The van der Waals surface area contributed by atoms with Crippen LogP contribution < -0.4 is 0 Å². The van der Waals surface area contributed by atoms with Crippen molar-refractivity contribution in [3.05, 3.63) is 41.5 Å². The van der Waals surface area contributed by atoms with E-state index in [0.29, 0.717) is 24.7 Å². The summed E-state index contributed by atoms with van der Waals surface area (Å²) in [6.07, 6.45) is 4.53. The van der Waals surface area contributed by atoms with E-state index in [0.717, 1.165) is 47.4 Å². The molecule has 0 N–H and O–H groups in total. The summed E-state index contributed by atoms with van der Waals surface area (Å²) in [6, 6.07) is 9.96. The van der Waals surface area contributed by atoms with Crippen LogP contribution in [0.15, 0.2) is 41.2 Å². The maximum atomic E-state index is 12.3. The van der Waals surface area contributed by atoms with E-state index in [1.165, 1.54) is 4.88 Å². The molecule has 0 aliphatic carbocycles. The molecule has 7 nitrogen and oxygen atoms in total. The highest BCUT2D eigenvalue weighted by molar-refractivity contribution is 7.15. The third-order valence-corrected chi connectivity index (χ3v) is 6.27. The Kier molecular flexibility index (Phi) is 4.63. The van der Waals surface area contributed by atoms with Gasteiger partial charge in [0.15, 0.2) is 0 Å². The number of aryl methyl sites for hydroxylation is 2. The van der Waals surface area contributed by atoms with Crippen molar-refractivity contribution in [3.63, 3.8) is 0 Å². The van der Waals surface area contributed by atoms with Crippen LogP contribution in [0.25, 0.3) is 33.2 Å². The summed E-state index contributed by atoms with van der Waals surface area (Å²) in [4.78, 5) is 25.5. The molecule has 1 aromatic carbocycles. The summed E-state index contributed by atoms with van der Waals surface area (Å²) >= 11 is 1.63. The maximum Gasteiger partial charge on any atom is 0.268 e. The number of benzene rings is 1. The molecule has 1 saturated heterocycles. The summed E-state index contributed by atoms with van der Waals surface area (Å²) in [7, 11) is 0. The smallest absolute Gasteiger partial charge is 0.268 e. The molecule has 5 rings (SSSR count). The minimum atomic E-state index is 0.226. The van der Waals surface area contributed by atoms with E-state index in [1.807, 2.05) is 39.8 Å². The zero-order valence-electron chi connectivity index (χ0n) is 16.2. The van der Waals surface area contributed by atoms with Crippen LogP contribution in [-0.4, -0.2) is 43.6 Å². The van der Waals surface area contributed by atoms with Gasteiger partial charge in [-0.1, -0.05) is 5.16 Å². The van der Waals surface area contributed by atoms with Crippen molar-refractivity contribution in [2.75, 3.05) is 13.1 Å². The number of carbonyl (C=O) groups is 1. The lowest BCUT2D eigenvalue weighted by molar-refractivity contribution is -0.130. The summed E-state index contributed by atoms with van der Waals surface area (Å²) in [6.45, 7) is 4.47. The Balaban J connectivity index is 1.34. The van der Waals surface area contributed by atoms with Gasteiger partial charge in [-0.2, -0.15) is 4.98 Å². The molecule has 8 heteroatoms. The third-order valence-electron chi connectivity index (χ3n) is 5.28. The lowest BCUT2D eigenvalue weighted by Crippen LogP contribution is -2.28. The van der Waals surface area contributed by atoms with E-state index in [9.17, 15) is 4.79 Å². The molecule has 148 valence electrons. The van der Waals surface area contributed by atoms with Crippen molar-refractivity contribution in [2.24, 2.45) is 0 Å². The van der Waals surface area contributed by atoms with Crippen LogP contribution in [0.3, 0.4) is 0 Å². The fourth-order valence-electron chi connectivity index (χ4n) is 3.71. The van der Waals surface area contributed by atoms with Gasteiger partial charge in [0.25, 0.3) is 5.89 Å². The van der Waals surface area contributed by atoms with Crippen molar-refractivity contribution in [2.45, 2.75) is 32.7 Å². The Hall–Kier alpha value is -3.00. The van der Waals surface area contributed by atoms with Crippen LogP contribution in [0, 0.1) is 6.92 Å². The number of rotatable bonds is 5. The number of hydrogen-bond acceptors (Lipinski definition) is 6. The van der Waals surface area contributed by atoms with Gasteiger partial charge in [-0.15, -0.1) is 11.3 Å². The van der Waals surface area contributed by atoms with E-state index in [1.54, 1.807) is 17.7 Å². The molecule has 29 heavy (non-hydrogen) atoms. The summed E-state index contributed by atoms with van der Waals surface area (Å²) in [5.74, 6) is 1.31. The minimum absolute atomic E-state index is 0.226. The average molecular weight is 407 g/mol. The first-order chi connectivity index (χ1) is 14.2. The number of hydrogen-bond donors (Lipinski definition) is 0. The third kappa shape index (κ3) is 3.55. The quantitative estimate of drug-likeness (QED) is 0.497. The largest absolute Gasteiger partial charge is 0.343 e. The highest BCUT2D eigenvalue weighted by atomic mass is 32.1. The van der Waals surface area contributed by atoms with Crippen LogP contribution in [0.1, 0.15) is 24.1 Å². The van der Waals surface area contributed by atoms with E-state index >= 15 is 0 Å². The first kappa shape index (κ1) is 18.1. The van der Waals surface area contributed by atoms with Gasteiger partial charge in [0.1, 0.15) is 0 Å². The Bertz CT molecular complexity index is 1170. The van der Waals surface area contributed by atoms with Gasteiger partial charge in [0.05, 0.1) is 22.2 Å². The fourth-order valence-corrected chi connectivity index (χ4v) is 4.50. The molecule has 4 heterocycles. The zero-order chi connectivity index (χ0) is 19.8. The molecule has 4 aromatic rings. The van der Waals surface area contributed by atoms with Crippen LogP contribution in [0.2, 0.25) is 0 Å². The number of nitrogens with zero attached hydrogens (tertiary/aromatic N) is 5. The maximum absolute atomic E-state index is 12.3. The predicted molar refractivity (Wildman–Crippen MR) is 112 cm³/mol. The van der Waals surface area contributed by atoms with Gasteiger partial charge in [-0.05, 0) is 50.1 Å². The van der Waals surface area contributed by atoms with Gasteiger partial charge < -0.3 is 14.0 Å². The van der Waals surface area contributed by atoms with Gasteiger partial charge >= 0.3 is 0 Å². The van der Waals surface area contributed by atoms with Gasteiger partial charge in [0.2, 0.25) is 11.7 Å². The summed E-state index contributed by atoms with van der Waals surface area (Å²) in [5, 5.41) is 4.13. The van der Waals surface area contributed by atoms with Crippen LogP contribution in [-0.2, 0) is 11.3 Å². The molecule has 0 atom stereocenters. The van der Waals surface area contributed by atoms with Crippen molar-refractivity contribution in [1.82, 2.24) is 24.6 Å². The molecule has 0 spiro atoms. The van der Waals surface area contributed by atoms with E-state index in [4.69, 9.17) is 4.52 Å². The highest BCUT2D eigenvalue weighted by Crippen LogP contribution is 2.29. The monoisotopic (exact) mass is 407 g/mol. The Morgan fingerprint density at radius 2 is 2.07 bits per heavy atom. The average Bonchev–Trinajstić information content (AvgIpc) is 3.52. The molecule has 1 fully saturated rings. The van der Waals surface area contributed by atoms with E-state index in [-0.39, 0.29) is 5.91 Å². The molecule has 0 unspecified atom stereocenters. The number of aromatic nitrogens is 4. The number of likely N-dealkylation sites (tertiary alicyclic amines) is 1. The Morgan fingerprint density at radius 3 is 2.86 bits per heavy atom. The molecule has 3 aromatic heterocycles. The van der Waals surface area contributed by atoms with Crippen molar-refractivity contribution >= 4 is 28.3 Å². The first-order valence-electron chi connectivity index (χ1n) is 9.81. The van der Waals surface area contributed by atoms with Crippen LogP contribution in [0.4, 0.5) is 0 Å². The second kappa shape index (κ2) is 7.44. The number of carbonyl (C=O) groups excluding carboxylic acids is 1. The molecular weight excluding hydrogens is 386 g/mol. The molecule has 1 aliphatic rings. The summed E-state index contributed by atoms with van der Waals surface area (Å²) in [5.41, 5.74) is 2.72. The second-order valence-corrected chi connectivity index (χ2v) is 8.60. The fraction of sp³-hybridized carbons (Fsp3) is 0.333. The van der Waals surface area contributed by atoms with Crippen molar-refractivity contribution in [1.29, 1.82) is 0 Å². The Morgan fingerprint density at radius 1 is 1.21 bits per heavy atom. The SMILES string of the molecule is Cc1ccc(-c2nc(-c3ccc4c(c3)ncn4CCC(=O)N3CCCC3)no2)s1. The van der Waals surface area contributed by atoms with Gasteiger partial charge in [0, 0.05) is 36.5 Å². The molecule has 1 aliphatic heterocycles. The number of amides is 1. The van der Waals surface area contributed by atoms with E-state index in [2.05, 4.69) is 22.0 Å². The topological polar surface area (TPSA) is 77.1 Å². The number of thiophene rings is 1. The highest BCUT2D eigenvalue weighted by Gasteiger charge is 2.18.